The Morgan fingerprint density at radius 1 is 0.552 bits per heavy atom. The minimum absolute atomic E-state index is 0.0732. The molecule has 0 aliphatic carbocycles. The lowest BCUT2D eigenvalue weighted by Crippen LogP contribution is -2.38. The van der Waals surface area contributed by atoms with Gasteiger partial charge in [-0.05, 0) is 19.3 Å². The maximum absolute atomic E-state index is 12.3. The van der Waals surface area contributed by atoms with E-state index in [9.17, 15) is 14.7 Å². The molecule has 3 heteroatoms. The highest BCUT2D eigenvalue weighted by Crippen LogP contribution is 2.30. The van der Waals surface area contributed by atoms with Crippen molar-refractivity contribution in [3.8, 4) is 0 Å². The van der Waals surface area contributed by atoms with Gasteiger partial charge in [0.2, 0.25) is 0 Å². The molecule has 0 saturated carbocycles. The van der Waals surface area contributed by atoms with Crippen LogP contribution in [0.2, 0.25) is 0 Å². The molecule has 172 valence electrons. The summed E-state index contributed by atoms with van der Waals surface area (Å²) >= 11 is 0. The minimum Gasteiger partial charge on any atom is -0.480 e. The first-order valence-electron chi connectivity index (χ1n) is 12.8. The highest BCUT2D eigenvalue weighted by Gasteiger charge is 2.41. The largest absolute Gasteiger partial charge is 0.480 e. The lowest BCUT2D eigenvalue weighted by molar-refractivity contribution is -0.155. The molecule has 0 atom stereocenters. The molecule has 0 aliphatic heterocycles. The number of ketones is 1. The molecule has 1 N–H and O–H groups in total. The summed E-state index contributed by atoms with van der Waals surface area (Å²) in [5, 5.41) is 9.42. The molecule has 0 radical (unpaired) electrons. The zero-order valence-corrected chi connectivity index (χ0v) is 19.9. The van der Waals surface area contributed by atoms with Crippen LogP contribution < -0.4 is 0 Å². The van der Waals surface area contributed by atoms with Crippen molar-refractivity contribution < 1.29 is 14.7 Å². The maximum atomic E-state index is 12.3. The van der Waals surface area contributed by atoms with E-state index in [1.165, 1.54) is 96.3 Å². The Kier molecular flexibility index (Phi) is 18.6. The summed E-state index contributed by atoms with van der Waals surface area (Å²) < 4.78 is 0. The second-order valence-electron chi connectivity index (χ2n) is 8.92. The smallest absolute Gasteiger partial charge is 0.317 e. The number of rotatable bonds is 22. The SMILES string of the molecule is CCCCCCCCCCCCCCCCCCCC(=O)C(CC)(CC)C(=O)O. The monoisotopic (exact) mass is 410 g/mol. The average molecular weight is 411 g/mol. The molecular weight excluding hydrogens is 360 g/mol. The lowest BCUT2D eigenvalue weighted by atomic mass is 9.76. The molecule has 3 nitrogen and oxygen atoms in total. The van der Waals surface area contributed by atoms with Crippen molar-refractivity contribution in [1.29, 1.82) is 0 Å². The molecule has 0 aromatic rings. The van der Waals surface area contributed by atoms with Gasteiger partial charge in [0, 0.05) is 6.42 Å². The number of unbranched alkanes of at least 4 members (excludes halogenated alkanes) is 16. The highest BCUT2D eigenvalue weighted by molar-refractivity contribution is 6.02. The van der Waals surface area contributed by atoms with E-state index < -0.39 is 11.4 Å². The quantitative estimate of drug-likeness (QED) is 0.144. The molecular formula is C26H50O3. The van der Waals surface area contributed by atoms with Crippen molar-refractivity contribution in [2.75, 3.05) is 0 Å². The number of carbonyl (C=O) groups excluding carboxylic acids is 1. The van der Waals surface area contributed by atoms with Crippen LogP contribution in [-0.2, 0) is 9.59 Å². The van der Waals surface area contributed by atoms with Gasteiger partial charge in [0.25, 0.3) is 0 Å². The van der Waals surface area contributed by atoms with Crippen LogP contribution in [-0.4, -0.2) is 16.9 Å². The second-order valence-corrected chi connectivity index (χ2v) is 8.92. The van der Waals surface area contributed by atoms with E-state index in [0.29, 0.717) is 19.3 Å². The minimum atomic E-state index is -1.14. The van der Waals surface area contributed by atoms with E-state index >= 15 is 0 Å². The van der Waals surface area contributed by atoms with Gasteiger partial charge in [-0.2, -0.15) is 0 Å². The predicted octanol–water partition coefficient (Wildman–Crippen LogP) is 8.49. The van der Waals surface area contributed by atoms with Crippen LogP contribution in [0.1, 0.15) is 149 Å². The van der Waals surface area contributed by atoms with E-state index in [-0.39, 0.29) is 5.78 Å². The zero-order valence-electron chi connectivity index (χ0n) is 19.9. The van der Waals surface area contributed by atoms with Crippen molar-refractivity contribution >= 4 is 11.8 Å². The molecule has 0 aromatic heterocycles. The van der Waals surface area contributed by atoms with Gasteiger partial charge >= 0.3 is 5.97 Å². The Balaban J connectivity index is 3.44. The fraction of sp³-hybridized carbons (Fsp3) is 0.923. The van der Waals surface area contributed by atoms with Crippen LogP contribution >= 0.6 is 0 Å². The van der Waals surface area contributed by atoms with E-state index in [2.05, 4.69) is 6.92 Å². The van der Waals surface area contributed by atoms with Crippen molar-refractivity contribution in [1.82, 2.24) is 0 Å². The number of carbonyl (C=O) groups is 2. The second kappa shape index (κ2) is 19.1. The third kappa shape index (κ3) is 13.1. The average Bonchev–Trinajstić information content (AvgIpc) is 2.71. The Bertz CT molecular complexity index is 399. The fourth-order valence-electron chi connectivity index (χ4n) is 4.32. The molecule has 0 fully saturated rings. The third-order valence-corrected chi connectivity index (χ3v) is 6.66. The van der Waals surface area contributed by atoms with Crippen LogP contribution in [0.25, 0.3) is 0 Å². The van der Waals surface area contributed by atoms with Crippen molar-refractivity contribution in [3.05, 3.63) is 0 Å². The number of Topliss-reactive ketones (excluding diaryl/α,β-unsaturated/α-hetero) is 1. The van der Waals surface area contributed by atoms with E-state index in [0.717, 1.165) is 12.8 Å². The Labute approximate surface area is 181 Å². The van der Waals surface area contributed by atoms with E-state index in [1.54, 1.807) is 0 Å². The number of hydrogen-bond acceptors (Lipinski definition) is 2. The summed E-state index contributed by atoms with van der Waals surface area (Å²) in [5.74, 6) is -1.02. The Hall–Kier alpha value is -0.860. The Morgan fingerprint density at radius 2 is 0.862 bits per heavy atom. The third-order valence-electron chi connectivity index (χ3n) is 6.66. The maximum Gasteiger partial charge on any atom is 0.317 e. The number of aliphatic carboxylic acids is 1. The predicted molar refractivity (Wildman–Crippen MR) is 124 cm³/mol. The first-order chi connectivity index (χ1) is 14.0. The topological polar surface area (TPSA) is 54.4 Å². The first-order valence-corrected chi connectivity index (χ1v) is 12.8. The molecule has 0 heterocycles. The summed E-state index contributed by atoms with van der Waals surface area (Å²) in [6.07, 6.45) is 23.6. The number of hydrogen-bond donors (Lipinski definition) is 1. The molecule has 0 aliphatic rings. The first kappa shape index (κ1) is 28.1. The van der Waals surface area contributed by atoms with Crippen molar-refractivity contribution in [2.24, 2.45) is 5.41 Å². The van der Waals surface area contributed by atoms with Crippen LogP contribution in [0.15, 0.2) is 0 Å². The molecule has 0 spiro atoms. The number of carboxylic acid groups (broad SMARTS) is 1. The van der Waals surface area contributed by atoms with Gasteiger partial charge in [0.1, 0.15) is 11.2 Å². The van der Waals surface area contributed by atoms with Gasteiger partial charge < -0.3 is 5.11 Å². The molecule has 0 rings (SSSR count). The summed E-state index contributed by atoms with van der Waals surface area (Å²) in [6, 6.07) is 0. The van der Waals surface area contributed by atoms with Crippen LogP contribution in [0.3, 0.4) is 0 Å². The summed E-state index contributed by atoms with van der Waals surface area (Å²) in [7, 11) is 0. The molecule has 0 bridgehead atoms. The van der Waals surface area contributed by atoms with Gasteiger partial charge in [-0.25, -0.2) is 0 Å². The zero-order chi connectivity index (χ0) is 21.8. The normalized spacial score (nSPS) is 11.7. The number of carboxylic acids is 1. The van der Waals surface area contributed by atoms with Crippen LogP contribution in [0, 0.1) is 5.41 Å². The standard InChI is InChI=1S/C26H50O3/c1-4-7-8-9-10-11-12-13-14-15-16-17-18-19-20-21-22-23-24(27)26(5-2,6-3)25(28)29/h4-23H2,1-3H3,(H,28,29). The van der Waals surface area contributed by atoms with Gasteiger partial charge in [0.15, 0.2) is 0 Å². The highest BCUT2D eigenvalue weighted by atomic mass is 16.4. The van der Waals surface area contributed by atoms with Gasteiger partial charge in [-0.1, -0.05) is 124 Å². The van der Waals surface area contributed by atoms with E-state index in [4.69, 9.17) is 0 Å². The summed E-state index contributed by atoms with van der Waals surface area (Å²) in [5.41, 5.74) is -1.14. The fourth-order valence-corrected chi connectivity index (χ4v) is 4.32. The van der Waals surface area contributed by atoms with Crippen molar-refractivity contribution in [3.63, 3.8) is 0 Å². The van der Waals surface area contributed by atoms with Gasteiger partial charge in [-0.15, -0.1) is 0 Å². The van der Waals surface area contributed by atoms with Gasteiger partial charge in [-0.3, -0.25) is 9.59 Å². The van der Waals surface area contributed by atoms with Crippen molar-refractivity contribution in [2.45, 2.75) is 149 Å². The molecule has 0 saturated heterocycles. The van der Waals surface area contributed by atoms with Crippen LogP contribution in [0.4, 0.5) is 0 Å². The molecule has 0 unspecified atom stereocenters. The van der Waals surface area contributed by atoms with Gasteiger partial charge in [0.05, 0.1) is 0 Å². The lowest BCUT2D eigenvalue weighted by Gasteiger charge is -2.24. The van der Waals surface area contributed by atoms with E-state index in [1.807, 2.05) is 13.8 Å². The van der Waals surface area contributed by atoms with Crippen LogP contribution in [0.5, 0.6) is 0 Å². The summed E-state index contributed by atoms with van der Waals surface area (Å²) in [4.78, 5) is 23.8. The molecule has 0 aromatic carbocycles. The summed E-state index contributed by atoms with van der Waals surface area (Å²) in [6.45, 7) is 5.89. The molecule has 29 heavy (non-hydrogen) atoms. The molecule has 0 amide bonds. The Morgan fingerprint density at radius 3 is 1.14 bits per heavy atom.